The molecule has 1 aromatic carbocycles. The van der Waals surface area contributed by atoms with Crippen molar-refractivity contribution < 1.29 is 47.4 Å². The number of esters is 1. The second-order valence-corrected chi connectivity index (χ2v) is 7.58. The third-order valence-electron chi connectivity index (χ3n) is 4.77. The standard InChI is InChI=1S/C20H19ClF3NO8/c1-2-32-17(29)19(33-13-4-5-15(25(30)31)14(10-13)16(27)28)8-6-12(20(22,23)24)11-18(19,21)7-3-9-26/h4-6,8,10-11,26H,2-3,7,9H2,1H3,(H,27,28)/p-1. The maximum absolute atomic E-state index is 13.4. The van der Waals surface area contributed by atoms with Crippen molar-refractivity contribution >= 4 is 29.2 Å². The van der Waals surface area contributed by atoms with Gasteiger partial charge in [0.15, 0.2) is 0 Å². The first kappa shape index (κ1) is 26.1. The minimum atomic E-state index is -4.83. The molecule has 0 aromatic heterocycles. The zero-order valence-corrected chi connectivity index (χ0v) is 17.8. The summed E-state index contributed by atoms with van der Waals surface area (Å²) < 4.78 is 50.8. The number of hydrogen-bond donors (Lipinski definition) is 1. The van der Waals surface area contributed by atoms with Crippen molar-refractivity contribution in [1.82, 2.24) is 0 Å². The first-order valence-electron chi connectivity index (χ1n) is 9.46. The van der Waals surface area contributed by atoms with Crippen molar-refractivity contribution in [2.75, 3.05) is 13.2 Å². The fourth-order valence-electron chi connectivity index (χ4n) is 3.24. The smallest absolute Gasteiger partial charge is 0.416 e. The molecule has 0 saturated carbocycles. The number of carboxylic acids is 1. The van der Waals surface area contributed by atoms with Gasteiger partial charge >= 0.3 is 12.1 Å². The highest BCUT2D eigenvalue weighted by Gasteiger charge is 2.59. The Balaban J connectivity index is 2.70. The fourth-order valence-corrected chi connectivity index (χ4v) is 3.67. The number of rotatable bonds is 9. The highest BCUT2D eigenvalue weighted by molar-refractivity contribution is 6.28. The fraction of sp³-hybridized carbons (Fsp3) is 0.400. The largest absolute Gasteiger partial charge is 0.545 e. The second-order valence-electron chi connectivity index (χ2n) is 6.90. The number of aliphatic hydroxyl groups excluding tert-OH is 1. The van der Waals surface area contributed by atoms with Crippen LogP contribution in [0, 0.1) is 10.1 Å². The molecule has 2 unspecified atom stereocenters. The number of nitrogens with zero attached hydrogens (tertiary/aromatic N) is 1. The van der Waals surface area contributed by atoms with Crippen LogP contribution in [-0.2, 0) is 9.53 Å². The summed E-state index contributed by atoms with van der Waals surface area (Å²) in [5.41, 5.74) is -5.34. The van der Waals surface area contributed by atoms with Crippen molar-refractivity contribution in [3.63, 3.8) is 0 Å². The Bertz CT molecular complexity index is 1010. The number of alkyl halides is 4. The SMILES string of the molecule is CCOC(=O)C1(Oc2ccc([N+](=O)[O-])c(C(=O)[O-])c2)C=CC(C(F)(F)F)=CC1(Cl)CCCO. The molecule has 2 atom stereocenters. The van der Waals surface area contributed by atoms with Gasteiger partial charge in [0.25, 0.3) is 5.69 Å². The van der Waals surface area contributed by atoms with Crippen LogP contribution in [0.1, 0.15) is 30.1 Å². The number of ether oxygens (including phenoxy) is 2. The van der Waals surface area contributed by atoms with Gasteiger partial charge in [-0.1, -0.05) is 0 Å². The third kappa shape index (κ3) is 5.28. The summed E-state index contributed by atoms with van der Waals surface area (Å²) in [6, 6.07) is 2.41. The highest BCUT2D eigenvalue weighted by Crippen LogP contribution is 2.47. The molecule has 0 fully saturated rings. The molecule has 1 aliphatic rings. The zero-order chi connectivity index (χ0) is 25.0. The van der Waals surface area contributed by atoms with Gasteiger partial charge in [0.1, 0.15) is 10.6 Å². The van der Waals surface area contributed by atoms with Crippen molar-refractivity contribution in [3.05, 3.63) is 57.7 Å². The Morgan fingerprint density at radius 1 is 1.30 bits per heavy atom. The van der Waals surface area contributed by atoms with Crippen LogP contribution >= 0.6 is 11.6 Å². The lowest BCUT2D eigenvalue weighted by Gasteiger charge is -2.43. The molecule has 0 aliphatic heterocycles. The van der Waals surface area contributed by atoms with E-state index in [4.69, 9.17) is 21.1 Å². The number of nitro groups is 1. The van der Waals surface area contributed by atoms with Gasteiger partial charge in [0.2, 0.25) is 5.60 Å². The van der Waals surface area contributed by atoms with Crippen LogP contribution in [0.2, 0.25) is 0 Å². The quantitative estimate of drug-likeness (QED) is 0.240. The van der Waals surface area contributed by atoms with Gasteiger partial charge in [-0.05, 0) is 50.1 Å². The maximum atomic E-state index is 13.4. The van der Waals surface area contributed by atoms with Crippen LogP contribution in [0.4, 0.5) is 18.9 Å². The van der Waals surface area contributed by atoms with Crippen LogP contribution in [0.5, 0.6) is 5.75 Å². The van der Waals surface area contributed by atoms with Crippen molar-refractivity contribution in [2.24, 2.45) is 0 Å². The maximum Gasteiger partial charge on any atom is 0.416 e. The Morgan fingerprint density at radius 2 is 1.97 bits per heavy atom. The van der Waals surface area contributed by atoms with Gasteiger partial charge in [-0.3, -0.25) is 10.1 Å². The molecule has 1 aliphatic carbocycles. The summed E-state index contributed by atoms with van der Waals surface area (Å²) in [5, 5.41) is 31.6. The van der Waals surface area contributed by atoms with Gasteiger partial charge in [0, 0.05) is 12.7 Å². The van der Waals surface area contributed by atoms with E-state index in [0.717, 1.165) is 18.2 Å². The average molecular weight is 493 g/mol. The van der Waals surface area contributed by atoms with E-state index in [2.05, 4.69) is 0 Å². The summed E-state index contributed by atoms with van der Waals surface area (Å²) in [6.45, 7) is 0.753. The molecule has 0 heterocycles. The molecule has 2 rings (SSSR count). The summed E-state index contributed by atoms with van der Waals surface area (Å²) in [5.74, 6) is -3.55. The van der Waals surface area contributed by atoms with Crippen molar-refractivity contribution in [3.8, 4) is 5.75 Å². The van der Waals surface area contributed by atoms with Crippen LogP contribution in [0.25, 0.3) is 0 Å². The number of benzene rings is 1. The molecule has 180 valence electrons. The number of aromatic carboxylic acids is 1. The molecule has 0 radical (unpaired) electrons. The molecular weight excluding hydrogens is 475 g/mol. The molecule has 1 aromatic rings. The zero-order valence-electron chi connectivity index (χ0n) is 17.1. The minimum Gasteiger partial charge on any atom is -0.545 e. The number of halogens is 4. The number of hydrogen-bond acceptors (Lipinski definition) is 8. The van der Waals surface area contributed by atoms with Crippen LogP contribution in [-0.4, -0.2) is 51.8 Å². The first-order valence-corrected chi connectivity index (χ1v) is 9.84. The Kier molecular flexibility index (Phi) is 7.75. The van der Waals surface area contributed by atoms with E-state index in [0.29, 0.717) is 18.2 Å². The van der Waals surface area contributed by atoms with Crippen LogP contribution in [0.15, 0.2) is 42.0 Å². The number of allylic oxidation sites excluding steroid dienone is 2. The van der Waals surface area contributed by atoms with Gasteiger partial charge in [-0.2, -0.15) is 13.2 Å². The lowest BCUT2D eigenvalue weighted by atomic mass is 9.77. The first-order chi connectivity index (χ1) is 15.3. The van der Waals surface area contributed by atoms with Crippen molar-refractivity contribution in [1.29, 1.82) is 0 Å². The number of carbonyl (C=O) groups excluding carboxylic acids is 2. The molecule has 1 N–H and O–H groups in total. The number of aliphatic hydroxyl groups is 1. The lowest BCUT2D eigenvalue weighted by Crippen LogP contribution is -2.60. The topological polar surface area (TPSA) is 139 Å². The second kappa shape index (κ2) is 9.79. The van der Waals surface area contributed by atoms with Crippen molar-refractivity contribution in [2.45, 2.75) is 36.4 Å². The molecular formula is C20H18ClF3NO8-. The van der Waals surface area contributed by atoms with Gasteiger partial charge in [-0.15, -0.1) is 11.6 Å². The molecule has 0 saturated heterocycles. The van der Waals surface area contributed by atoms with Gasteiger partial charge in [0.05, 0.1) is 28.6 Å². The Morgan fingerprint density at radius 3 is 2.48 bits per heavy atom. The van der Waals surface area contributed by atoms with E-state index in [1.807, 2.05) is 0 Å². The predicted octanol–water partition coefficient (Wildman–Crippen LogP) is 2.45. The summed E-state index contributed by atoms with van der Waals surface area (Å²) in [4.78, 5) is 32.2. The van der Waals surface area contributed by atoms with E-state index in [1.165, 1.54) is 6.92 Å². The minimum absolute atomic E-state index is 0.131. The monoisotopic (exact) mass is 492 g/mol. The van der Waals surface area contributed by atoms with Crippen LogP contribution in [0.3, 0.4) is 0 Å². The predicted molar refractivity (Wildman–Crippen MR) is 106 cm³/mol. The van der Waals surface area contributed by atoms with Gasteiger partial charge in [-0.25, -0.2) is 4.79 Å². The summed E-state index contributed by atoms with van der Waals surface area (Å²) >= 11 is 6.54. The average Bonchev–Trinajstić information content (AvgIpc) is 2.73. The summed E-state index contributed by atoms with van der Waals surface area (Å²) in [7, 11) is 0. The van der Waals surface area contributed by atoms with E-state index in [-0.39, 0.29) is 19.4 Å². The molecule has 13 heteroatoms. The Hall–Kier alpha value is -3.12. The normalized spacial score (nSPS) is 22.4. The van der Waals surface area contributed by atoms with E-state index >= 15 is 0 Å². The van der Waals surface area contributed by atoms with Gasteiger partial charge < -0.3 is 24.5 Å². The number of nitro benzene ring substituents is 1. The van der Waals surface area contributed by atoms with E-state index < -0.39 is 62.7 Å². The highest BCUT2D eigenvalue weighted by atomic mass is 35.5. The molecule has 0 amide bonds. The van der Waals surface area contributed by atoms with E-state index in [1.54, 1.807) is 0 Å². The van der Waals surface area contributed by atoms with E-state index in [9.17, 15) is 43.1 Å². The molecule has 33 heavy (non-hydrogen) atoms. The number of carbonyl (C=O) groups is 2. The lowest BCUT2D eigenvalue weighted by molar-refractivity contribution is -0.385. The third-order valence-corrected chi connectivity index (χ3v) is 5.35. The molecule has 0 bridgehead atoms. The Labute approximate surface area is 190 Å². The molecule has 9 nitrogen and oxygen atoms in total. The number of carboxylic acid groups (broad SMARTS) is 1. The molecule has 0 spiro atoms. The summed E-state index contributed by atoms with van der Waals surface area (Å²) in [6.07, 6.45) is -3.49. The van der Waals surface area contributed by atoms with Crippen LogP contribution < -0.4 is 9.84 Å².